The Hall–Kier alpha value is -4.19. The van der Waals surface area contributed by atoms with Crippen molar-refractivity contribution in [2.45, 2.75) is 245 Å². The smallest absolute Gasteiger partial charge is 0.306 e. The molecule has 0 aromatic heterocycles. The third-order valence-electron chi connectivity index (χ3n) is 11.4. The minimum atomic E-state index is -0.822. The fourth-order valence-electron chi connectivity index (χ4n) is 7.22. The highest BCUT2D eigenvalue weighted by molar-refractivity contribution is 5.71. The van der Waals surface area contributed by atoms with Crippen LogP contribution in [0.25, 0.3) is 0 Å². The van der Waals surface area contributed by atoms with Gasteiger partial charge >= 0.3 is 17.9 Å². The van der Waals surface area contributed by atoms with E-state index in [-0.39, 0.29) is 37.5 Å². The Morgan fingerprint density at radius 2 is 0.609 bits per heavy atom. The molecule has 0 aliphatic carbocycles. The maximum atomic E-state index is 12.8. The molecule has 0 aliphatic heterocycles. The number of ether oxygens (including phenoxy) is 3. The number of allylic oxidation sites excluding steroid dienone is 20. The average molecular weight is 956 g/mol. The highest BCUT2D eigenvalue weighted by Crippen LogP contribution is 2.13. The first-order chi connectivity index (χ1) is 34.0. The average Bonchev–Trinajstić information content (AvgIpc) is 3.35. The molecule has 0 amide bonds. The summed E-state index contributed by atoms with van der Waals surface area (Å²) in [5.41, 5.74) is 0. The van der Waals surface area contributed by atoms with Crippen molar-refractivity contribution in [1.82, 2.24) is 0 Å². The summed E-state index contributed by atoms with van der Waals surface area (Å²) in [6, 6.07) is 0. The third kappa shape index (κ3) is 54.6. The Bertz CT molecular complexity index is 1470. The molecule has 0 aliphatic rings. The summed E-state index contributed by atoms with van der Waals surface area (Å²) in [6.45, 7) is 6.38. The maximum Gasteiger partial charge on any atom is 0.306 e. The van der Waals surface area contributed by atoms with Gasteiger partial charge in [0.05, 0.1) is 0 Å². The van der Waals surface area contributed by atoms with Crippen LogP contribution >= 0.6 is 0 Å². The lowest BCUT2D eigenvalue weighted by atomic mass is 10.1. The fourth-order valence-corrected chi connectivity index (χ4v) is 7.22. The zero-order valence-electron chi connectivity index (χ0n) is 44.5. The molecular weight excluding hydrogens is 853 g/mol. The molecule has 1 unspecified atom stereocenters. The molecule has 0 heterocycles. The predicted octanol–water partition coefficient (Wildman–Crippen LogP) is 18.9. The van der Waals surface area contributed by atoms with Crippen molar-refractivity contribution in [2.24, 2.45) is 0 Å². The Labute approximate surface area is 424 Å². The van der Waals surface area contributed by atoms with Gasteiger partial charge in [-0.2, -0.15) is 0 Å². The number of esters is 3. The van der Waals surface area contributed by atoms with Gasteiger partial charge in [-0.15, -0.1) is 0 Å². The van der Waals surface area contributed by atoms with E-state index in [9.17, 15) is 14.4 Å². The highest BCUT2D eigenvalue weighted by atomic mass is 16.6. The normalized spacial score (nSPS) is 13.0. The largest absolute Gasteiger partial charge is 0.462 e. The van der Waals surface area contributed by atoms with E-state index in [1.165, 1.54) is 77.0 Å². The number of unbranched alkanes of at least 4 members (excludes halogenated alkanes) is 18. The molecule has 6 heteroatoms. The molecular formula is C63H102O6. The molecule has 390 valence electrons. The second-order valence-corrected chi connectivity index (χ2v) is 18.1. The summed E-state index contributed by atoms with van der Waals surface area (Å²) in [7, 11) is 0. The van der Waals surface area contributed by atoms with Crippen LogP contribution in [-0.2, 0) is 28.6 Å². The minimum Gasteiger partial charge on any atom is -0.462 e. The van der Waals surface area contributed by atoms with Gasteiger partial charge in [-0.3, -0.25) is 14.4 Å². The Morgan fingerprint density at radius 1 is 0.304 bits per heavy atom. The maximum absolute atomic E-state index is 12.8. The van der Waals surface area contributed by atoms with Gasteiger partial charge in [-0.1, -0.05) is 226 Å². The fraction of sp³-hybridized carbons (Fsp3) is 0.635. The number of carbonyl (C=O) groups is 3. The Kier molecular flexibility index (Phi) is 53.0. The molecule has 69 heavy (non-hydrogen) atoms. The van der Waals surface area contributed by atoms with Gasteiger partial charge < -0.3 is 14.2 Å². The van der Waals surface area contributed by atoms with E-state index < -0.39 is 6.10 Å². The van der Waals surface area contributed by atoms with Gasteiger partial charge in [0.1, 0.15) is 13.2 Å². The van der Waals surface area contributed by atoms with Crippen LogP contribution in [0.2, 0.25) is 0 Å². The van der Waals surface area contributed by atoms with E-state index >= 15 is 0 Å². The van der Waals surface area contributed by atoms with Crippen molar-refractivity contribution in [2.75, 3.05) is 13.2 Å². The van der Waals surface area contributed by atoms with E-state index in [4.69, 9.17) is 14.2 Å². The quantitative estimate of drug-likeness (QED) is 0.0262. The molecule has 0 N–H and O–H groups in total. The summed E-state index contributed by atoms with van der Waals surface area (Å²) >= 11 is 0. The zero-order chi connectivity index (χ0) is 50.0. The minimum absolute atomic E-state index is 0.115. The lowest BCUT2D eigenvalue weighted by molar-refractivity contribution is -0.166. The van der Waals surface area contributed by atoms with E-state index in [0.717, 1.165) is 116 Å². The number of hydrogen-bond donors (Lipinski definition) is 0. The van der Waals surface area contributed by atoms with Gasteiger partial charge in [-0.05, 0) is 116 Å². The van der Waals surface area contributed by atoms with Crippen LogP contribution in [-0.4, -0.2) is 37.2 Å². The first kappa shape index (κ1) is 64.8. The van der Waals surface area contributed by atoms with Gasteiger partial charge in [0.2, 0.25) is 0 Å². The van der Waals surface area contributed by atoms with Crippen LogP contribution in [0.5, 0.6) is 0 Å². The summed E-state index contributed by atoms with van der Waals surface area (Å²) in [5, 5.41) is 0. The molecule has 0 fully saturated rings. The third-order valence-corrected chi connectivity index (χ3v) is 11.4. The number of rotatable bonds is 49. The summed E-state index contributed by atoms with van der Waals surface area (Å²) in [5.74, 6) is -1.03. The molecule has 0 spiro atoms. The lowest BCUT2D eigenvalue weighted by Gasteiger charge is -2.18. The molecule has 0 bridgehead atoms. The first-order valence-electron chi connectivity index (χ1n) is 28.0. The Morgan fingerprint density at radius 3 is 1.01 bits per heavy atom. The van der Waals surface area contributed by atoms with Crippen LogP contribution < -0.4 is 0 Å². The molecule has 0 saturated heterocycles. The van der Waals surface area contributed by atoms with Crippen molar-refractivity contribution in [1.29, 1.82) is 0 Å². The second kappa shape index (κ2) is 56.4. The summed E-state index contributed by atoms with van der Waals surface area (Å²) in [4.78, 5) is 38.1. The van der Waals surface area contributed by atoms with Crippen LogP contribution in [0.15, 0.2) is 122 Å². The molecule has 0 rings (SSSR count). The van der Waals surface area contributed by atoms with Gasteiger partial charge in [0.25, 0.3) is 0 Å². The lowest BCUT2D eigenvalue weighted by Crippen LogP contribution is -2.30. The van der Waals surface area contributed by atoms with Crippen molar-refractivity contribution in [3.8, 4) is 0 Å². The monoisotopic (exact) mass is 955 g/mol. The van der Waals surface area contributed by atoms with Gasteiger partial charge in [0.15, 0.2) is 6.10 Å². The number of hydrogen-bond acceptors (Lipinski definition) is 6. The highest BCUT2D eigenvalue weighted by Gasteiger charge is 2.19. The van der Waals surface area contributed by atoms with Crippen LogP contribution in [0, 0.1) is 0 Å². The van der Waals surface area contributed by atoms with Gasteiger partial charge in [-0.25, -0.2) is 0 Å². The molecule has 6 nitrogen and oxygen atoms in total. The van der Waals surface area contributed by atoms with Crippen molar-refractivity contribution in [3.05, 3.63) is 122 Å². The van der Waals surface area contributed by atoms with E-state index in [2.05, 4.69) is 136 Å². The van der Waals surface area contributed by atoms with Crippen molar-refractivity contribution >= 4 is 17.9 Å². The Balaban J connectivity index is 4.55. The van der Waals surface area contributed by atoms with E-state index in [1.54, 1.807) is 0 Å². The second-order valence-electron chi connectivity index (χ2n) is 18.1. The summed E-state index contributed by atoms with van der Waals surface area (Å²) in [6.07, 6.45) is 77.6. The van der Waals surface area contributed by atoms with E-state index in [0.29, 0.717) is 19.3 Å². The SMILES string of the molecule is CC/C=C\C/C=C\C/C=C\C/C=C\C/C=C\C/C=C\CCC(=O)OCC(COC(=O)CCCCCCC/C=C\C/C=C\CCCC)OC(=O)CCCCCCCCC/C=C\C/C=C\CCCCCC. The van der Waals surface area contributed by atoms with Crippen LogP contribution in [0.4, 0.5) is 0 Å². The first-order valence-corrected chi connectivity index (χ1v) is 28.0. The topological polar surface area (TPSA) is 78.9 Å². The molecule has 1 atom stereocenters. The molecule has 0 aromatic carbocycles. The van der Waals surface area contributed by atoms with Crippen molar-refractivity contribution in [3.63, 3.8) is 0 Å². The molecule has 0 aromatic rings. The standard InChI is InChI=1S/C63H102O6/c1-4-7-10-13-16-19-22-25-28-30-32-34-35-38-41-44-47-50-53-56-62(65)68-59-60(58-67-61(64)55-52-49-46-43-40-37-27-24-21-18-15-12-9-6-3)69-63(66)57-54-51-48-45-42-39-36-33-31-29-26-23-20-17-14-11-8-5-2/h7,10,15-16,18-20,23-25,27-29,31-32,34,38,41,47,50,60H,4-6,8-9,11-14,17,21-22,26,30,33,35-37,39-40,42-46,48-49,51-59H2,1-3H3/b10-7-,18-15-,19-16-,23-20-,27-24-,28-25-,31-29-,34-32-,41-38-,50-47-. The van der Waals surface area contributed by atoms with Crippen molar-refractivity contribution < 1.29 is 28.6 Å². The zero-order valence-corrected chi connectivity index (χ0v) is 44.5. The van der Waals surface area contributed by atoms with Crippen LogP contribution in [0.1, 0.15) is 239 Å². The van der Waals surface area contributed by atoms with Crippen LogP contribution in [0.3, 0.4) is 0 Å². The van der Waals surface area contributed by atoms with Gasteiger partial charge in [0, 0.05) is 19.3 Å². The molecule has 0 radical (unpaired) electrons. The molecule has 0 saturated carbocycles. The number of carbonyl (C=O) groups excluding carboxylic acids is 3. The predicted molar refractivity (Wildman–Crippen MR) is 297 cm³/mol. The summed E-state index contributed by atoms with van der Waals surface area (Å²) < 4.78 is 16.8. The van der Waals surface area contributed by atoms with E-state index in [1.807, 2.05) is 6.08 Å².